The van der Waals surface area contributed by atoms with Gasteiger partial charge in [-0.2, -0.15) is 5.10 Å². The Labute approximate surface area is 167 Å². The van der Waals surface area contributed by atoms with E-state index in [9.17, 15) is 9.59 Å². The Hall–Kier alpha value is -3.46. The number of aryl methyl sites for hydroxylation is 1. The molecule has 9 nitrogen and oxygen atoms in total. The van der Waals surface area contributed by atoms with Crippen LogP contribution in [0.5, 0.6) is 0 Å². The highest BCUT2D eigenvalue weighted by molar-refractivity contribution is 6.05. The molecule has 1 unspecified atom stereocenters. The third-order valence-corrected chi connectivity index (χ3v) is 4.88. The van der Waals surface area contributed by atoms with Gasteiger partial charge < -0.3 is 20.5 Å². The molecule has 3 heterocycles. The fraction of sp³-hybridized carbons (Fsp3) is 0.300. The number of carbonyl (C=O) groups excluding carboxylic acids is 2. The number of rotatable bonds is 5. The van der Waals surface area contributed by atoms with Gasteiger partial charge in [-0.15, -0.1) is 0 Å². The van der Waals surface area contributed by atoms with Crippen LogP contribution < -0.4 is 16.0 Å². The Bertz CT molecular complexity index is 1000. The number of amides is 2. The van der Waals surface area contributed by atoms with Crippen molar-refractivity contribution in [3.05, 3.63) is 59.7 Å². The van der Waals surface area contributed by atoms with E-state index in [0.29, 0.717) is 28.4 Å². The number of benzene rings is 1. The van der Waals surface area contributed by atoms with Crippen LogP contribution in [-0.4, -0.2) is 39.8 Å². The van der Waals surface area contributed by atoms with Crippen LogP contribution in [0.4, 0.5) is 11.4 Å². The van der Waals surface area contributed by atoms with E-state index in [1.807, 2.05) is 10.9 Å². The Morgan fingerprint density at radius 2 is 1.86 bits per heavy atom. The molecule has 1 saturated heterocycles. The zero-order chi connectivity index (χ0) is 20.2. The molecule has 1 fully saturated rings. The lowest BCUT2D eigenvalue weighted by atomic mass is 10.1. The summed E-state index contributed by atoms with van der Waals surface area (Å²) in [7, 11) is 0. The van der Waals surface area contributed by atoms with Gasteiger partial charge in [-0.25, -0.2) is 0 Å². The average Bonchev–Trinajstić information content (AvgIpc) is 3.39. The van der Waals surface area contributed by atoms with E-state index in [0.717, 1.165) is 25.9 Å². The molecule has 1 aliphatic heterocycles. The summed E-state index contributed by atoms with van der Waals surface area (Å²) >= 11 is 0. The standard InChI is InChI=1S/C20H22N6O3/c1-13-17(12-22-29-13)19(27)23-14-4-6-15(7-5-14)24-20(28)18-8-10-26(25-18)16-3-2-9-21-11-16/h4-8,10,12,16,21H,2-3,9,11H2,1H3,(H,23,27)(H,24,28). The predicted octanol–water partition coefficient (Wildman–Crippen LogP) is 2.61. The molecule has 2 aromatic heterocycles. The first kappa shape index (κ1) is 18.9. The van der Waals surface area contributed by atoms with Crippen LogP contribution in [0.15, 0.2) is 47.2 Å². The number of hydrogen-bond donors (Lipinski definition) is 3. The maximum atomic E-state index is 12.5. The fourth-order valence-corrected chi connectivity index (χ4v) is 3.27. The summed E-state index contributed by atoms with van der Waals surface area (Å²) in [6.45, 7) is 3.57. The van der Waals surface area contributed by atoms with Crippen molar-refractivity contribution in [2.75, 3.05) is 23.7 Å². The molecular formula is C20H22N6O3. The molecule has 0 spiro atoms. The zero-order valence-corrected chi connectivity index (χ0v) is 16.0. The van der Waals surface area contributed by atoms with Crippen molar-refractivity contribution < 1.29 is 14.1 Å². The number of anilines is 2. The number of piperidine rings is 1. The number of aromatic nitrogens is 3. The number of nitrogens with zero attached hydrogens (tertiary/aromatic N) is 3. The van der Waals surface area contributed by atoms with Gasteiger partial charge in [0, 0.05) is 24.1 Å². The number of hydrogen-bond acceptors (Lipinski definition) is 6. The second kappa shape index (κ2) is 8.27. The van der Waals surface area contributed by atoms with Gasteiger partial charge in [-0.05, 0) is 56.6 Å². The minimum absolute atomic E-state index is 0.274. The van der Waals surface area contributed by atoms with Gasteiger partial charge in [0.1, 0.15) is 11.3 Å². The molecule has 29 heavy (non-hydrogen) atoms. The molecular weight excluding hydrogens is 372 g/mol. The highest BCUT2D eigenvalue weighted by Gasteiger charge is 2.18. The van der Waals surface area contributed by atoms with Crippen LogP contribution in [0, 0.1) is 6.92 Å². The first-order valence-electron chi connectivity index (χ1n) is 9.50. The first-order chi connectivity index (χ1) is 14.1. The van der Waals surface area contributed by atoms with Crippen LogP contribution in [-0.2, 0) is 0 Å². The summed E-state index contributed by atoms with van der Waals surface area (Å²) in [5.41, 5.74) is 1.97. The van der Waals surface area contributed by atoms with Crippen molar-refractivity contribution in [2.45, 2.75) is 25.8 Å². The van der Waals surface area contributed by atoms with Gasteiger partial charge in [0.2, 0.25) is 0 Å². The molecule has 1 aromatic carbocycles. The lowest BCUT2D eigenvalue weighted by molar-refractivity contribution is 0.101. The van der Waals surface area contributed by atoms with Crippen LogP contribution in [0.25, 0.3) is 0 Å². The summed E-state index contributed by atoms with van der Waals surface area (Å²) < 4.78 is 6.75. The highest BCUT2D eigenvalue weighted by atomic mass is 16.5. The molecule has 0 bridgehead atoms. The van der Waals surface area contributed by atoms with Gasteiger partial charge in [0.25, 0.3) is 11.8 Å². The van der Waals surface area contributed by atoms with E-state index >= 15 is 0 Å². The Morgan fingerprint density at radius 3 is 2.48 bits per heavy atom. The average molecular weight is 394 g/mol. The van der Waals surface area contributed by atoms with Crippen LogP contribution in [0.1, 0.15) is 45.5 Å². The normalized spacial score (nSPS) is 16.4. The van der Waals surface area contributed by atoms with Crippen LogP contribution in [0.3, 0.4) is 0 Å². The molecule has 0 saturated carbocycles. The minimum Gasteiger partial charge on any atom is -0.361 e. The highest BCUT2D eigenvalue weighted by Crippen LogP contribution is 2.18. The predicted molar refractivity (Wildman–Crippen MR) is 107 cm³/mol. The maximum Gasteiger partial charge on any atom is 0.276 e. The number of carbonyl (C=O) groups is 2. The largest absolute Gasteiger partial charge is 0.361 e. The molecule has 3 aromatic rings. The van der Waals surface area contributed by atoms with Crippen LogP contribution >= 0.6 is 0 Å². The Kier molecular flexibility index (Phi) is 5.39. The molecule has 0 aliphatic carbocycles. The summed E-state index contributed by atoms with van der Waals surface area (Å²) in [6, 6.07) is 8.86. The second-order valence-corrected chi connectivity index (χ2v) is 6.96. The first-order valence-corrected chi connectivity index (χ1v) is 9.50. The van der Waals surface area contributed by atoms with Crippen LogP contribution in [0.2, 0.25) is 0 Å². The van der Waals surface area contributed by atoms with Gasteiger partial charge in [-0.3, -0.25) is 14.3 Å². The maximum absolute atomic E-state index is 12.5. The Balaban J connectivity index is 1.36. The lowest BCUT2D eigenvalue weighted by Gasteiger charge is -2.22. The molecule has 4 rings (SSSR count). The molecule has 1 aliphatic rings. The molecule has 150 valence electrons. The third-order valence-electron chi connectivity index (χ3n) is 4.88. The van der Waals surface area contributed by atoms with Crippen molar-refractivity contribution in [2.24, 2.45) is 0 Å². The molecule has 3 N–H and O–H groups in total. The van der Waals surface area contributed by atoms with E-state index < -0.39 is 0 Å². The molecule has 1 atom stereocenters. The topological polar surface area (TPSA) is 114 Å². The minimum atomic E-state index is -0.303. The van der Waals surface area contributed by atoms with Crippen molar-refractivity contribution in [1.29, 1.82) is 0 Å². The summed E-state index contributed by atoms with van der Waals surface area (Å²) in [5.74, 6) is -0.123. The molecule has 2 amide bonds. The Morgan fingerprint density at radius 1 is 1.14 bits per heavy atom. The fourth-order valence-electron chi connectivity index (χ4n) is 3.27. The van der Waals surface area contributed by atoms with E-state index in [4.69, 9.17) is 4.52 Å². The summed E-state index contributed by atoms with van der Waals surface area (Å²) in [6.07, 6.45) is 5.38. The summed E-state index contributed by atoms with van der Waals surface area (Å²) in [4.78, 5) is 24.7. The molecule has 9 heteroatoms. The molecule has 0 radical (unpaired) electrons. The van der Waals surface area contributed by atoms with Gasteiger partial charge in [0.05, 0.1) is 12.2 Å². The van der Waals surface area contributed by atoms with E-state index in [2.05, 4.69) is 26.2 Å². The summed E-state index contributed by atoms with van der Waals surface area (Å²) in [5, 5.41) is 16.9. The van der Waals surface area contributed by atoms with E-state index in [-0.39, 0.29) is 17.9 Å². The monoisotopic (exact) mass is 394 g/mol. The van der Waals surface area contributed by atoms with Gasteiger partial charge >= 0.3 is 0 Å². The van der Waals surface area contributed by atoms with Crippen molar-refractivity contribution >= 4 is 23.2 Å². The smallest absolute Gasteiger partial charge is 0.276 e. The van der Waals surface area contributed by atoms with E-state index in [1.54, 1.807) is 37.3 Å². The third kappa shape index (κ3) is 4.35. The zero-order valence-electron chi connectivity index (χ0n) is 16.0. The second-order valence-electron chi connectivity index (χ2n) is 6.96. The quantitative estimate of drug-likeness (QED) is 0.613. The van der Waals surface area contributed by atoms with Crippen molar-refractivity contribution in [3.63, 3.8) is 0 Å². The van der Waals surface area contributed by atoms with Gasteiger partial charge in [0.15, 0.2) is 5.69 Å². The lowest BCUT2D eigenvalue weighted by Crippen LogP contribution is -2.32. The van der Waals surface area contributed by atoms with Crippen molar-refractivity contribution in [3.8, 4) is 0 Å². The SMILES string of the molecule is Cc1oncc1C(=O)Nc1ccc(NC(=O)c2ccn(C3CCCNC3)n2)cc1. The van der Waals surface area contributed by atoms with E-state index in [1.165, 1.54) is 6.20 Å². The van der Waals surface area contributed by atoms with Crippen molar-refractivity contribution in [1.82, 2.24) is 20.3 Å². The number of nitrogens with one attached hydrogen (secondary N) is 3. The van der Waals surface area contributed by atoms with Gasteiger partial charge in [-0.1, -0.05) is 5.16 Å².